The van der Waals surface area contributed by atoms with Gasteiger partial charge in [0, 0.05) is 37.3 Å². The van der Waals surface area contributed by atoms with E-state index in [1.165, 1.54) is 0 Å². The van der Waals surface area contributed by atoms with Crippen LogP contribution in [0.2, 0.25) is 18.1 Å². The molecular formula is C29H41ClN2O2Si. The molecule has 1 saturated heterocycles. The molecule has 2 aromatic rings. The summed E-state index contributed by atoms with van der Waals surface area (Å²) in [6.45, 7) is 22.6. The molecule has 190 valence electrons. The van der Waals surface area contributed by atoms with Crippen molar-refractivity contribution in [1.29, 1.82) is 0 Å². The van der Waals surface area contributed by atoms with E-state index < -0.39 is 13.6 Å². The summed E-state index contributed by atoms with van der Waals surface area (Å²) < 4.78 is 6.67. The first-order valence-electron chi connectivity index (χ1n) is 12.5. The van der Waals surface area contributed by atoms with Gasteiger partial charge < -0.3 is 4.43 Å². The number of carbonyl (C=O) groups is 1. The van der Waals surface area contributed by atoms with E-state index in [1.807, 2.05) is 18.2 Å². The molecule has 0 radical (unpaired) electrons. The molecule has 0 aliphatic carbocycles. The molecule has 1 fully saturated rings. The zero-order chi connectivity index (χ0) is 26.0. The Morgan fingerprint density at radius 1 is 1.11 bits per heavy atom. The lowest BCUT2D eigenvalue weighted by molar-refractivity contribution is 0.0306. The van der Waals surface area contributed by atoms with Crippen molar-refractivity contribution >= 4 is 25.2 Å². The zero-order valence-electron chi connectivity index (χ0n) is 22.3. The summed E-state index contributed by atoms with van der Waals surface area (Å²) in [5.74, 6) is 0.912. The van der Waals surface area contributed by atoms with Crippen molar-refractivity contribution < 1.29 is 9.22 Å². The Hall–Kier alpha value is -1.92. The van der Waals surface area contributed by atoms with Crippen LogP contribution in [0.3, 0.4) is 0 Å². The van der Waals surface area contributed by atoms with E-state index in [0.717, 1.165) is 36.5 Å². The van der Waals surface area contributed by atoms with Gasteiger partial charge in [0.05, 0.1) is 6.04 Å². The second-order valence-corrected chi connectivity index (χ2v) is 16.4. The number of piperazine rings is 1. The smallest absolute Gasteiger partial charge is 0.252 e. The highest BCUT2D eigenvalue weighted by atomic mass is 35.5. The fourth-order valence-corrected chi connectivity index (χ4v) is 5.75. The van der Waals surface area contributed by atoms with Crippen molar-refractivity contribution in [1.82, 2.24) is 9.80 Å². The van der Waals surface area contributed by atoms with Gasteiger partial charge >= 0.3 is 0 Å². The van der Waals surface area contributed by atoms with Crippen molar-refractivity contribution in [2.45, 2.75) is 70.9 Å². The lowest BCUT2D eigenvalue weighted by Crippen LogP contribution is -2.57. The first-order chi connectivity index (χ1) is 16.3. The minimum absolute atomic E-state index is 0.0164. The molecule has 4 nitrogen and oxygen atoms in total. The highest BCUT2D eigenvalue weighted by Gasteiger charge is 2.39. The Labute approximate surface area is 218 Å². The molecule has 1 heterocycles. The molecule has 1 aliphatic heterocycles. The Morgan fingerprint density at radius 2 is 1.74 bits per heavy atom. The van der Waals surface area contributed by atoms with Gasteiger partial charge in [0.15, 0.2) is 0 Å². The molecule has 0 N–H and O–H groups in total. The summed E-state index contributed by atoms with van der Waals surface area (Å²) in [6.07, 6.45) is 1.98. The second kappa shape index (κ2) is 11.0. The number of benzene rings is 2. The van der Waals surface area contributed by atoms with Gasteiger partial charge in [-0.3, -0.25) is 14.6 Å². The van der Waals surface area contributed by atoms with Crippen molar-refractivity contribution in [3.63, 3.8) is 0 Å². The van der Waals surface area contributed by atoms with Crippen LogP contribution in [0.15, 0.2) is 61.2 Å². The van der Waals surface area contributed by atoms with Gasteiger partial charge in [-0.05, 0) is 72.9 Å². The van der Waals surface area contributed by atoms with Crippen molar-refractivity contribution in [2.24, 2.45) is 0 Å². The summed E-state index contributed by atoms with van der Waals surface area (Å²) in [4.78, 5) is 17.0. The summed E-state index contributed by atoms with van der Waals surface area (Å²) in [5, 5.41) is -0.319. The molecular weight excluding hydrogens is 472 g/mol. The average molecular weight is 513 g/mol. The predicted octanol–water partition coefficient (Wildman–Crippen LogP) is 7.12. The minimum Gasteiger partial charge on any atom is -0.543 e. The van der Waals surface area contributed by atoms with E-state index in [4.69, 9.17) is 16.0 Å². The molecule has 0 aromatic heterocycles. The van der Waals surface area contributed by atoms with E-state index >= 15 is 0 Å². The van der Waals surface area contributed by atoms with E-state index in [2.05, 4.69) is 94.4 Å². The van der Waals surface area contributed by atoms with Crippen molar-refractivity contribution in [2.75, 3.05) is 19.6 Å². The van der Waals surface area contributed by atoms with E-state index in [-0.39, 0.29) is 11.1 Å². The SMILES string of the molecule is C=CCN1C[C@H](C)N([C@H](c2cccc(O[Si](C)(C)C(C)(C)C)c2)c2cccc(C(=O)Cl)c2)C[C@H]1C. The van der Waals surface area contributed by atoms with Crippen LogP contribution in [0.1, 0.15) is 62.1 Å². The molecule has 1 aliphatic rings. The summed E-state index contributed by atoms with van der Waals surface area (Å²) in [6, 6.07) is 16.9. The standard InChI is InChI=1S/C29H41ClN2O2Si/c1-9-16-31-19-22(3)32(20-21(31)2)27(23-12-10-14-25(17-23)28(30)33)24-13-11-15-26(18-24)34-35(7,8)29(4,5)6/h9-15,17-18,21-22,27H,1,16,19-20H2,2-8H3/t21-,22+,27+/m1/s1. The van der Waals surface area contributed by atoms with Gasteiger partial charge in [-0.25, -0.2) is 0 Å². The molecule has 3 atom stereocenters. The molecule has 0 saturated carbocycles. The van der Waals surface area contributed by atoms with Gasteiger partial charge in [0.1, 0.15) is 5.75 Å². The van der Waals surface area contributed by atoms with Gasteiger partial charge in [-0.1, -0.05) is 57.2 Å². The maximum atomic E-state index is 12.0. The Balaban J connectivity index is 2.06. The van der Waals surface area contributed by atoms with Gasteiger partial charge in [-0.2, -0.15) is 0 Å². The lowest BCUT2D eigenvalue weighted by Gasteiger charge is -2.47. The van der Waals surface area contributed by atoms with Crippen LogP contribution in [0.25, 0.3) is 0 Å². The van der Waals surface area contributed by atoms with E-state index in [0.29, 0.717) is 17.6 Å². The number of nitrogens with zero attached hydrogens (tertiary/aromatic N) is 2. The fraction of sp³-hybridized carbons (Fsp3) is 0.483. The van der Waals surface area contributed by atoms with Crippen LogP contribution >= 0.6 is 11.6 Å². The zero-order valence-corrected chi connectivity index (χ0v) is 24.1. The van der Waals surface area contributed by atoms with Gasteiger partial charge in [-0.15, -0.1) is 6.58 Å². The minimum atomic E-state index is -1.98. The maximum absolute atomic E-state index is 12.0. The Morgan fingerprint density at radius 3 is 2.34 bits per heavy atom. The Kier molecular flexibility index (Phi) is 8.69. The monoisotopic (exact) mass is 512 g/mol. The molecule has 0 unspecified atom stereocenters. The number of hydrogen-bond donors (Lipinski definition) is 0. The third-order valence-corrected chi connectivity index (χ3v) is 12.2. The second-order valence-electron chi connectivity index (χ2n) is 11.4. The van der Waals surface area contributed by atoms with Crippen LogP contribution in [-0.4, -0.2) is 55.1 Å². The maximum Gasteiger partial charge on any atom is 0.252 e. The van der Waals surface area contributed by atoms with Crippen molar-refractivity contribution in [3.05, 3.63) is 77.9 Å². The summed E-state index contributed by atoms with van der Waals surface area (Å²) >= 11 is 5.87. The molecule has 2 aromatic carbocycles. The fourth-order valence-electron chi connectivity index (χ4n) is 4.61. The molecule has 6 heteroatoms. The quantitative estimate of drug-likeness (QED) is 0.214. The first-order valence-corrected chi connectivity index (χ1v) is 15.8. The number of halogens is 1. The average Bonchev–Trinajstić information content (AvgIpc) is 2.77. The Bertz CT molecular complexity index is 1050. The van der Waals surface area contributed by atoms with Crippen molar-refractivity contribution in [3.8, 4) is 5.75 Å². The van der Waals surface area contributed by atoms with Crippen LogP contribution in [0, 0.1) is 0 Å². The third-order valence-electron chi connectivity index (χ3n) is 7.64. The van der Waals surface area contributed by atoms with Gasteiger partial charge in [0.25, 0.3) is 5.24 Å². The van der Waals surface area contributed by atoms with Crippen LogP contribution < -0.4 is 4.43 Å². The lowest BCUT2D eigenvalue weighted by atomic mass is 9.92. The number of carbonyl (C=O) groups excluding carboxylic acids is 1. The van der Waals surface area contributed by atoms with E-state index in [9.17, 15) is 4.79 Å². The molecule has 0 amide bonds. The van der Waals surface area contributed by atoms with Gasteiger partial charge in [0.2, 0.25) is 8.32 Å². The van der Waals surface area contributed by atoms with Crippen LogP contribution in [0.5, 0.6) is 5.75 Å². The van der Waals surface area contributed by atoms with E-state index in [1.54, 1.807) is 6.07 Å². The van der Waals surface area contributed by atoms with Crippen LogP contribution in [0.4, 0.5) is 0 Å². The molecule has 0 spiro atoms. The molecule has 35 heavy (non-hydrogen) atoms. The normalized spacial score (nSPS) is 20.9. The first kappa shape index (κ1) is 27.7. The highest BCUT2D eigenvalue weighted by molar-refractivity contribution is 6.74. The largest absolute Gasteiger partial charge is 0.543 e. The predicted molar refractivity (Wildman–Crippen MR) is 150 cm³/mol. The third kappa shape index (κ3) is 6.45. The summed E-state index contributed by atoms with van der Waals surface area (Å²) in [7, 11) is -1.98. The number of rotatable bonds is 8. The van der Waals surface area contributed by atoms with Crippen LogP contribution in [-0.2, 0) is 0 Å². The summed E-state index contributed by atoms with van der Waals surface area (Å²) in [5.41, 5.74) is 2.75. The number of hydrogen-bond acceptors (Lipinski definition) is 4. The topological polar surface area (TPSA) is 32.8 Å². The molecule has 0 bridgehead atoms. The molecule has 3 rings (SSSR count). The highest BCUT2D eigenvalue weighted by Crippen LogP contribution is 2.39.